The number of amides is 2. The Labute approximate surface area is 139 Å². The highest BCUT2D eigenvalue weighted by Gasteiger charge is 2.08. The number of hydrogen-bond acceptors (Lipinski definition) is 2. The first-order chi connectivity index (χ1) is 11.0. The molecule has 0 aliphatic carbocycles. The molecular weight excluding hydrogens is 319 g/mol. The van der Waals surface area contributed by atoms with Gasteiger partial charge in [0, 0.05) is 11.6 Å². The number of urea groups is 1. The van der Waals surface area contributed by atoms with E-state index in [2.05, 4.69) is 10.6 Å². The summed E-state index contributed by atoms with van der Waals surface area (Å²) < 4.78 is 18.3. The fraction of sp³-hybridized carbons (Fsp3) is 0.235. The number of ether oxygens (including phenoxy) is 1. The molecule has 0 aliphatic heterocycles. The van der Waals surface area contributed by atoms with Crippen LogP contribution in [-0.2, 0) is 6.54 Å². The second-order valence-electron chi connectivity index (χ2n) is 5.08. The molecule has 6 heteroatoms. The minimum absolute atomic E-state index is 0.203. The van der Waals surface area contributed by atoms with Gasteiger partial charge in [-0.25, -0.2) is 9.18 Å². The molecule has 1 atom stereocenters. The van der Waals surface area contributed by atoms with Crippen molar-refractivity contribution in [1.29, 1.82) is 0 Å². The lowest BCUT2D eigenvalue weighted by Gasteiger charge is -2.16. The molecule has 23 heavy (non-hydrogen) atoms. The molecule has 2 aromatic rings. The Bertz CT molecular complexity index is 649. The van der Waals surface area contributed by atoms with E-state index < -0.39 is 0 Å². The number of carbonyl (C=O) groups is 1. The van der Waals surface area contributed by atoms with Gasteiger partial charge < -0.3 is 15.4 Å². The number of rotatable bonds is 6. The fourth-order valence-corrected chi connectivity index (χ4v) is 2.09. The molecule has 0 heterocycles. The highest BCUT2D eigenvalue weighted by molar-refractivity contribution is 6.31. The third-order valence-corrected chi connectivity index (χ3v) is 3.46. The summed E-state index contributed by atoms with van der Waals surface area (Å²) >= 11 is 6.02. The lowest BCUT2D eigenvalue weighted by Crippen LogP contribution is -2.43. The van der Waals surface area contributed by atoms with Gasteiger partial charge in [0.05, 0.1) is 6.04 Å². The highest BCUT2D eigenvalue weighted by atomic mass is 35.5. The zero-order valence-corrected chi connectivity index (χ0v) is 13.4. The van der Waals surface area contributed by atoms with Gasteiger partial charge in [0.15, 0.2) is 0 Å². The summed E-state index contributed by atoms with van der Waals surface area (Å²) in [5.41, 5.74) is 0.847. The van der Waals surface area contributed by atoms with Crippen molar-refractivity contribution in [1.82, 2.24) is 10.6 Å². The third kappa shape index (κ3) is 5.79. The third-order valence-electron chi connectivity index (χ3n) is 3.09. The van der Waals surface area contributed by atoms with Crippen molar-refractivity contribution in [2.45, 2.75) is 19.5 Å². The van der Waals surface area contributed by atoms with Gasteiger partial charge in [0.1, 0.15) is 18.2 Å². The van der Waals surface area contributed by atoms with Crippen LogP contribution < -0.4 is 15.4 Å². The van der Waals surface area contributed by atoms with E-state index in [9.17, 15) is 9.18 Å². The van der Waals surface area contributed by atoms with Crippen molar-refractivity contribution in [2.75, 3.05) is 6.61 Å². The summed E-state index contributed by atoms with van der Waals surface area (Å²) in [7, 11) is 0. The maximum absolute atomic E-state index is 12.8. The molecule has 2 N–H and O–H groups in total. The fourth-order valence-electron chi connectivity index (χ4n) is 1.89. The van der Waals surface area contributed by atoms with Gasteiger partial charge in [-0.05, 0) is 42.8 Å². The normalized spacial score (nSPS) is 11.6. The predicted octanol–water partition coefficient (Wildman–Crippen LogP) is 3.75. The zero-order valence-electron chi connectivity index (χ0n) is 12.7. The van der Waals surface area contributed by atoms with Gasteiger partial charge in [-0.3, -0.25) is 0 Å². The number of benzene rings is 2. The monoisotopic (exact) mass is 336 g/mol. The Morgan fingerprint density at radius 2 is 1.91 bits per heavy atom. The topological polar surface area (TPSA) is 50.4 Å². The molecule has 0 spiro atoms. The van der Waals surface area contributed by atoms with Crippen molar-refractivity contribution in [2.24, 2.45) is 0 Å². The van der Waals surface area contributed by atoms with Crippen molar-refractivity contribution < 1.29 is 13.9 Å². The first-order valence-electron chi connectivity index (χ1n) is 7.20. The number of halogens is 2. The van der Waals surface area contributed by atoms with E-state index >= 15 is 0 Å². The zero-order chi connectivity index (χ0) is 16.7. The number of hydrogen-bond donors (Lipinski definition) is 2. The Hall–Kier alpha value is -2.27. The first-order valence-corrected chi connectivity index (χ1v) is 7.58. The van der Waals surface area contributed by atoms with Gasteiger partial charge in [0.2, 0.25) is 0 Å². The lowest BCUT2D eigenvalue weighted by atomic mass is 10.2. The average molecular weight is 337 g/mol. The second-order valence-corrected chi connectivity index (χ2v) is 5.49. The van der Waals surface area contributed by atoms with Gasteiger partial charge >= 0.3 is 6.03 Å². The number of carbonyl (C=O) groups excluding carboxylic acids is 1. The van der Waals surface area contributed by atoms with Crippen LogP contribution in [0.2, 0.25) is 5.02 Å². The van der Waals surface area contributed by atoms with E-state index in [1.807, 2.05) is 25.1 Å². The van der Waals surface area contributed by atoms with Crippen LogP contribution in [0.5, 0.6) is 5.75 Å². The molecule has 4 nitrogen and oxygen atoms in total. The van der Waals surface area contributed by atoms with Crippen molar-refractivity contribution >= 4 is 17.6 Å². The summed E-state index contributed by atoms with van der Waals surface area (Å²) in [6.45, 7) is 2.45. The van der Waals surface area contributed by atoms with E-state index in [-0.39, 0.29) is 24.5 Å². The molecule has 0 saturated heterocycles. The molecule has 122 valence electrons. The molecule has 0 radical (unpaired) electrons. The van der Waals surface area contributed by atoms with E-state index in [1.165, 1.54) is 12.1 Å². The Kier molecular flexibility index (Phi) is 6.23. The largest absolute Gasteiger partial charge is 0.491 e. The Balaban J connectivity index is 1.72. The van der Waals surface area contributed by atoms with Crippen molar-refractivity contribution in [3.63, 3.8) is 0 Å². The maximum Gasteiger partial charge on any atom is 0.315 e. The summed E-state index contributed by atoms with van der Waals surface area (Å²) in [4.78, 5) is 11.8. The SMILES string of the molecule is CC(COc1ccc(F)cc1)NC(=O)NCc1ccccc1Cl. The molecule has 0 aromatic heterocycles. The van der Waals surface area contributed by atoms with Crippen molar-refractivity contribution in [3.8, 4) is 5.75 Å². The predicted molar refractivity (Wildman–Crippen MR) is 88.2 cm³/mol. The van der Waals surface area contributed by atoms with Crippen LogP contribution in [0.25, 0.3) is 0 Å². The molecule has 2 aromatic carbocycles. The molecule has 0 saturated carbocycles. The summed E-state index contributed by atoms with van der Waals surface area (Å²) in [5, 5.41) is 6.11. The van der Waals surface area contributed by atoms with E-state index in [4.69, 9.17) is 16.3 Å². The average Bonchev–Trinajstić information content (AvgIpc) is 2.53. The highest BCUT2D eigenvalue weighted by Crippen LogP contribution is 2.14. The van der Waals surface area contributed by atoms with E-state index in [1.54, 1.807) is 18.2 Å². The van der Waals surface area contributed by atoms with Gasteiger partial charge in [-0.1, -0.05) is 29.8 Å². The van der Waals surface area contributed by atoms with E-state index in [0.29, 0.717) is 17.3 Å². The molecule has 0 bridgehead atoms. The molecular formula is C17H18ClFN2O2. The minimum Gasteiger partial charge on any atom is -0.491 e. The van der Waals surface area contributed by atoms with Crippen LogP contribution in [0.4, 0.5) is 9.18 Å². The van der Waals surface area contributed by atoms with Gasteiger partial charge in [-0.2, -0.15) is 0 Å². The van der Waals surface area contributed by atoms with E-state index in [0.717, 1.165) is 5.56 Å². The van der Waals surface area contributed by atoms with Gasteiger partial charge in [-0.15, -0.1) is 0 Å². The molecule has 1 unspecified atom stereocenters. The van der Waals surface area contributed by atoms with Crippen LogP contribution >= 0.6 is 11.6 Å². The standard InChI is InChI=1S/C17H18ClFN2O2/c1-12(11-23-15-8-6-14(19)7-9-15)21-17(22)20-10-13-4-2-3-5-16(13)18/h2-9,12H,10-11H2,1H3,(H2,20,21,22). The first kappa shape index (κ1) is 17.1. The van der Waals surface area contributed by atoms with Crippen LogP contribution in [-0.4, -0.2) is 18.7 Å². The smallest absolute Gasteiger partial charge is 0.315 e. The van der Waals surface area contributed by atoms with Crippen LogP contribution in [0.15, 0.2) is 48.5 Å². The maximum atomic E-state index is 12.8. The Morgan fingerprint density at radius 3 is 2.61 bits per heavy atom. The number of nitrogens with one attached hydrogen (secondary N) is 2. The van der Waals surface area contributed by atoms with Gasteiger partial charge in [0.25, 0.3) is 0 Å². The lowest BCUT2D eigenvalue weighted by molar-refractivity contribution is 0.226. The van der Waals surface area contributed by atoms with Crippen molar-refractivity contribution in [3.05, 3.63) is 64.9 Å². The quantitative estimate of drug-likeness (QED) is 0.844. The minimum atomic E-state index is -0.317. The van der Waals surface area contributed by atoms with Crippen LogP contribution in [0, 0.1) is 5.82 Å². The summed E-state index contributed by atoms with van der Waals surface area (Å²) in [6, 6.07) is 12.5. The summed E-state index contributed by atoms with van der Waals surface area (Å²) in [5.74, 6) is 0.235. The molecule has 0 aliphatic rings. The molecule has 2 amide bonds. The molecule has 2 rings (SSSR count). The summed E-state index contributed by atoms with van der Waals surface area (Å²) in [6.07, 6.45) is 0. The van der Waals surface area contributed by atoms with Crippen LogP contribution in [0.1, 0.15) is 12.5 Å². The Morgan fingerprint density at radius 1 is 1.22 bits per heavy atom. The second kappa shape index (κ2) is 8.39. The molecule has 0 fully saturated rings. The van der Waals surface area contributed by atoms with Crippen LogP contribution in [0.3, 0.4) is 0 Å².